The van der Waals surface area contributed by atoms with Gasteiger partial charge in [-0.25, -0.2) is 4.79 Å². The van der Waals surface area contributed by atoms with Crippen LogP contribution in [0.1, 0.15) is 11.1 Å². The van der Waals surface area contributed by atoms with E-state index in [1.807, 2.05) is 6.07 Å². The lowest BCUT2D eigenvalue weighted by Gasteiger charge is -2.14. The molecule has 2 aromatic carbocycles. The number of methoxy groups -OCH3 is 1. The van der Waals surface area contributed by atoms with E-state index in [1.165, 1.54) is 12.0 Å². The standard InChI is InChI=1S/C20H21N3O5.HI/c1-26-18(24)10-14-4-2-3-5-17(14)27-12-16-11-23(20(25)28-16)15-8-6-13(7-9-15)19(21)22;/h2-9,16H,10-12H2,1H3,(H3,21,22);1H. The van der Waals surface area contributed by atoms with Crippen LogP contribution in [0.3, 0.4) is 0 Å². The first-order chi connectivity index (χ1) is 13.5. The molecule has 8 nitrogen and oxygen atoms in total. The Balaban J connectivity index is 0.00000300. The number of ether oxygens (including phenoxy) is 3. The topological polar surface area (TPSA) is 115 Å². The molecular formula is C20H22IN3O5. The molecule has 0 aliphatic carbocycles. The molecule has 0 radical (unpaired) electrons. The van der Waals surface area contributed by atoms with E-state index in [2.05, 4.69) is 0 Å². The summed E-state index contributed by atoms with van der Waals surface area (Å²) in [5, 5.41) is 7.42. The summed E-state index contributed by atoms with van der Waals surface area (Å²) >= 11 is 0. The normalized spacial score (nSPS) is 15.3. The van der Waals surface area contributed by atoms with Gasteiger partial charge in [0.1, 0.15) is 18.2 Å². The molecule has 1 unspecified atom stereocenters. The van der Waals surface area contributed by atoms with Crippen molar-refractivity contribution in [2.75, 3.05) is 25.2 Å². The van der Waals surface area contributed by atoms with Gasteiger partial charge in [-0.05, 0) is 30.3 Å². The number of nitrogens with two attached hydrogens (primary N) is 1. The minimum absolute atomic E-state index is 0. The number of cyclic esters (lactones) is 1. The third kappa shape index (κ3) is 5.59. The average Bonchev–Trinajstić information content (AvgIpc) is 3.07. The molecule has 1 aliphatic heterocycles. The first kappa shape index (κ1) is 22.5. The summed E-state index contributed by atoms with van der Waals surface area (Å²) in [5.74, 6) is 0.157. The second-order valence-corrected chi connectivity index (χ2v) is 6.25. The van der Waals surface area contributed by atoms with E-state index in [1.54, 1.807) is 42.5 Å². The zero-order chi connectivity index (χ0) is 20.1. The van der Waals surface area contributed by atoms with Gasteiger partial charge in [0.15, 0.2) is 6.10 Å². The number of nitrogen functional groups attached to an aromatic ring is 1. The van der Waals surface area contributed by atoms with Gasteiger partial charge in [-0.3, -0.25) is 15.1 Å². The molecule has 0 spiro atoms. The van der Waals surface area contributed by atoms with Gasteiger partial charge in [0.2, 0.25) is 0 Å². The van der Waals surface area contributed by atoms with Gasteiger partial charge >= 0.3 is 12.1 Å². The van der Waals surface area contributed by atoms with Crippen LogP contribution in [0.5, 0.6) is 5.75 Å². The predicted molar refractivity (Wildman–Crippen MR) is 118 cm³/mol. The largest absolute Gasteiger partial charge is 0.489 e. The highest BCUT2D eigenvalue weighted by molar-refractivity contribution is 14.0. The van der Waals surface area contributed by atoms with Crippen molar-refractivity contribution >= 4 is 47.6 Å². The molecule has 9 heteroatoms. The van der Waals surface area contributed by atoms with Crippen LogP contribution in [0.25, 0.3) is 0 Å². The number of carbonyl (C=O) groups excluding carboxylic acids is 2. The monoisotopic (exact) mass is 511 g/mol. The number of carbonyl (C=O) groups is 2. The van der Waals surface area contributed by atoms with Crippen LogP contribution in [-0.4, -0.2) is 44.3 Å². The van der Waals surface area contributed by atoms with Gasteiger partial charge in [-0.15, -0.1) is 24.0 Å². The number of amides is 1. The summed E-state index contributed by atoms with van der Waals surface area (Å²) in [6.07, 6.45) is -0.815. The van der Waals surface area contributed by atoms with Gasteiger partial charge in [0.25, 0.3) is 0 Å². The van der Waals surface area contributed by atoms with Crippen molar-refractivity contribution in [1.29, 1.82) is 5.41 Å². The first-order valence-electron chi connectivity index (χ1n) is 8.68. The van der Waals surface area contributed by atoms with E-state index in [-0.39, 0.29) is 48.8 Å². The van der Waals surface area contributed by atoms with Gasteiger partial charge in [0.05, 0.1) is 20.1 Å². The fraction of sp³-hybridized carbons (Fsp3) is 0.250. The Morgan fingerprint density at radius 1 is 1.24 bits per heavy atom. The molecule has 3 rings (SSSR count). The summed E-state index contributed by atoms with van der Waals surface area (Å²) in [6.45, 7) is 0.489. The van der Waals surface area contributed by atoms with Gasteiger partial charge in [-0.2, -0.15) is 0 Å². The highest BCUT2D eigenvalue weighted by Crippen LogP contribution is 2.24. The van der Waals surface area contributed by atoms with Gasteiger partial charge in [0, 0.05) is 16.8 Å². The first-order valence-corrected chi connectivity index (χ1v) is 8.68. The summed E-state index contributed by atoms with van der Waals surface area (Å²) in [4.78, 5) is 25.2. The van der Waals surface area contributed by atoms with Crippen LogP contribution in [0.4, 0.5) is 10.5 Å². The number of nitrogens with zero attached hydrogens (tertiary/aromatic N) is 1. The molecule has 0 bridgehead atoms. The second kappa shape index (κ2) is 10.1. The Morgan fingerprint density at radius 3 is 2.59 bits per heavy atom. The predicted octanol–water partition coefficient (Wildman–Crippen LogP) is 2.71. The van der Waals surface area contributed by atoms with E-state index in [9.17, 15) is 9.59 Å². The van der Waals surface area contributed by atoms with Gasteiger partial charge < -0.3 is 19.9 Å². The van der Waals surface area contributed by atoms with E-state index in [0.717, 1.165) is 0 Å². The number of para-hydroxylation sites is 1. The zero-order valence-corrected chi connectivity index (χ0v) is 18.1. The van der Waals surface area contributed by atoms with Crippen molar-refractivity contribution in [3.05, 3.63) is 59.7 Å². The lowest BCUT2D eigenvalue weighted by molar-refractivity contribution is -0.139. The molecule has 2 aromatic rings. The number of rotatable bonds is 7. The molecule has 1 aliphatic rings. The molecule has 154 valence electrons. The number of hydrogen-bond donors (Lipinski definition) is 2. The molecule has 29 heavy (non-hydrogen) atoms. The van der Waals surface area contributed by atoms with Crippen LogP contribution < -0.4 is 15.4 Å². The van der Waals surface area contributed by atoms with Crippen molar-refractivity contribution in [3.8, 4) is 5.75 Å². The van der Waals surface area contributed by atoms with E-state index in [0.29, 0.717) is 29.1 Å². The molecule has 1 amide bonds. The number of amidine groups is 1. The minimum atomic E-state index is -0.466. The van der Waals surface area contributed by atoms with Crippen LogP contribution in [-0.2, 0) is 20.7 Å². The minimum Gasteiger partial charge on any atom is -0.489 e. The third-order valence-corrected chi connectivity index (χ3v) is 4.32. The maximum atomic E-state index is 12.2. The fourth-order valence-corrected chi connectivity index (χ4v) is 2.84. The summed E-state index contributed by atoms with van der Waals surface area (Å²) in [7, 11) is 1.33. The lowest BCUT2D eigenvalue weighted by atomic mass is 10.1. The van der Waals surface area contributed by atoms with E-state index >= 15 is 0 Å². The number of benzene rings is 2. The Morgan fingerprint density at radius 2 is 1.93 bits per heavy atom. The number of anilines is 1. The highest BCUT2D eigenvalue weighted by atomic mass is 127. The molecular weight excluding hydrogens is 489 g/mol. The highest BCUT2D eigenvalue weighted by Gasteiger charge is 2.33. The average molecular weight is 511 g/mol. The number of esters is 1. The van der Waals surface area contributed by atoms with Crippen molar-refractivity contribution in [3.63, 3.8) is 0 Å². The quantitative estimate of drug-likeness (QED) is 0.256. The summed E-state index contributed by atoms with van der Waals surface area (Å²) < 4.78 is 15.9. The maximum Gasteiger partial charge on any atom is 0.414 e. The van der Waals surface area contributed by atoms with E-state index < -0.39 is 12.2 Å². The maximum absolute atomic E-state index is 12.2. The third-order valence-electron chi connectivity index (χ3n) is 4.32. The number of nitrogens with one attached hydrogen (secondary N) is 1. The molecule has 0 aromatic heterocycles. The van der Waals surface area contributed by atoms with Crippen LogP contribution in [0.2, 0.25) is 0 Å². The van der Waals surface area contributed by atoms with Crippen molar-refractivity contribution < 1.29 is 23.8 Å². The molecule has 1 atom stereocenters. The SMILES string of the molecule is COC(=O)Cc1ccccc1OCC1CN(c2ccc(C(=N)N)cc2)C(=O)O1.I. The lowest BCUT2D eigenvalue weighted by Crippen LogP contribution is -2.26. The summed E-state index contributed by atoms with van der Waals surface area (Å²) in [6, 6.07) is 13.9. The Kier molecular flexibility index (Phi) is 7.82. The Labute approximate surface area is 185 Å². The number of hydrogen-bond acceptors (Lipinski definition) is 6. The molecule has 1 heterocycles. The molecule has 1 saturated heterocycles. The fourth-order valence-electron chi connectivity index (χ4n) is 2.84. The van der Waals surface area contributed by atoms with Crippen molar-refractivity contribution in [2.24, 2.45) is 5.73 Å². The zero-order valence-electron chi connectivity index (χ0n) is 15.8. The smallest absolute Gasteiger partial charge is 0.414 e. The van der Waals surface area contributed by atoms with Crippen molar-refractivity contribution in [2.45, 2.75) is 12.5 Å². The van der Waals surface area contributed by atoms with Crippen LogP contribution >= 0.6 is 24.0 Å². The second-order valence-electron chi connectivity index (χ2n) is 6.25. The molecule has 3 N–H and O–H groups in total. The van der Waals surface area contributed by atoms with Crippen molar-refractivity contribution in [1.82, 2.24) is 0 Å². The van der Waals surface area contributed by atoms with E-state index in [4.69, 9.17) is 25.4 Å². The summed E-state index contributed by atoms with van der Waals surface area (Å²) in [5.41, 5.74) is 7.39. The number of halogens is 1. The van der Waals surface area contributed by atoms with Gasteiger partial charge in [-0.1, -0.05) is 18.2 Å². The Hall–Kier alpha value is -2.82. The Bertz CT molecular complexity index is 888. The van der Waals surface area contributed by atoms with Crippen LogP contribution in [0.15, 0.2) is 48.5 Å². The molecule has 1 fully saturated rings. The molecule has 0 saturated carbocycles. The van der Waals surface area contributed by atoms with Crippen LogP contribution in [0, 0.1) is 5.41 Å².